The van der Waals surface area contributed by atoms with E-state index in [1.165, 1.54) is 0 Å². The fourth-order valence-corrected chi connectivity index (χ4v) is 3.17. The van der Waals surface area contributed by atoms with Gasteiger partial charge in [0.05, 0.1) is 5.92 Å². The minimum Gasteiger partial charge on any atom is -0.508 e. The van der Waals surface area contributed by atoms with Crippen molar-refractivity contribution < 1.29 is 9.90 Å². The summed E-state index contributed by atoms with van der Waals surface area (Å²) in [7, 11) is 0. The van der Waals surface area contributed by atoms with E-state index in [0.717, 1.165) is 27.9 Å². The molecule has 0 radical (unpaired) electrons. The molecule has 25 heavy (non-hydrogen) atoms. The molecular weight excluding hydrogens is 312 g/mol. The third-order valence-corrected chi connectivity index (χ3v) is 4.73. The Kier molecular flexibility index (Phi) is 3.73. The predicted molar refractivity (Wildman–Crippen MR) is 97.6 cm³/mol. The maximum absolute atomic E-state index is 12.6. The number of hydrogen-bond acceptors (Lipinski definition) is 3. The summed E-state index contributed by atoms with van der Waals surface area (Å²) >= 11 is 0. The van der Waals surface area contributed by atoms with Gasteiger partial charge in [-0.05, 0) is 53.4 Å². The number of benzene rings is 2. The molecule has 3 aromatic rings. The number of aryl methyl sites for hydroxylation is 1. The van der Waals surface area contributed by atoms with Crippen molar-refractivity contribution >= 4 is 11.6 Å². The molecule has 1 amide bonds. The van der Waals surface area contributed by atoms with Gasteiger partial charge in [0.1, 0.15) is 5.75 Å². The number of β-lactam (4-membered cyclic amide) rings is 1. The van der Waals surface area contributed by atoms with Gasteiger partial charge in [-0.2, -0.15) is 0 Å². The van der Waals surface area contributed by atoms with Crippen LogP contribution < -0.4 is 4.90 Å². The van der Waals surface area contributed by atoms with Crippen LogP contribution in [0.3, 0.4) is 0 Å². The van der Waals surface area contributed by atoms with E-state index in [9.17, 15) is 9.90 Å². The molecule has 1 atom stereocenters. The van der Waals surface area contributed by atoms with Gasteiger partial charge in [0.2, 0.25) is 5.91 Å². The maximum atomic E-state index is 12.6. The molecule has 4 nitrogen and oxygen atoms in total. The number of anilines is 1. The van der Waals surface area contributed by atoms with Crippen molar-refractivity contribution in [1.82, 2.24) is 4.98 Å². The van der Waals surface area contributed by atoms with Crippen molar-refractivity contribution in [2.24, 2.45) is 0 Å². The molecule has 1 aromatic heterocycles. The molecule has 4 rings (SSSR count). The zero-order chi connectivity index (χ0) is 17.4. The highest BCUT2D eigenvalue weighted by Crippen LogP contribution is 2.35. The number of phenols is 1. The summed E-state index contributed by atoms with van der Waals surface area (Å²) in [5, 5.41) is 9.63. The second-order valence-corrected chi connectivity index (χ2v) is 6.34. The zero-order valence-corrected chi connectivity index (χ0v) is 13.9. The maximum Gasteiger partial charge on any atom is 0.236 e. The zero-order valence-electron chi connectivity index (χ0n) is 13.9. The van der Waals surface area contributed by atoms with E-state index in [-0.39, 0.29) is 17.6 Å². The van der Waals surface area contributed by atoms with E-state index in [1.54, 1.807) is 17.2 Å². The highest BCUT2D eigenvalue weighted by Gasteiger charge is 2.38. The summed E-state index contributed by atoms with van der Waals surface area (Å²) in [6, 6.07) is 17.3. The van der Waals surface area contributed by atoms with Crippen molar-refractivity contribution in [2.45, 2.75) is 12.8 Å². The van der Waals surface area contributed by atoms with Crippen LogP contribution in [0.15, 0.2) is 67.0 Å². The summed E-state index contributed by atoms with van der Waals surface area (Å²) in [5.74, 6) is 0.231. The van der Waals surface area contributed by atoms with Crippen molar-refractivity contribution in [1.29, 1.82) is 0 Å². The minimum atomic E-state index is -0.128. The Morgan fingerprint density at radius 3 is 2.52 bits per heavy atom. The largest absolute Gasteiger partial charge is 0.508 e. The summed E-state index contributed by atoms with van der Waals surface area (Å²) < 4.78 is 0. The Labute approximate surface area is 146 Å². The number of carbonyl (C=O) groups is 1. The van der Waals surface area contributed by atoms with E-state index < -0.39 is 0 Å². The Bertz CT molecular complexity index is 920. The first-order valence-electron chi connectivity index (χ1n) is 8.25. The molecule has 2 heterocycles. The second kappa shape index (κ2) is 6.06. The number of phenolic OH excluding ortho intramolecular Hbond substituents is 1. The van der Waals surface area contributed by atoms with Crippen LogP contribution in [-0.2, 0) is 4.79 Å². The topological polar surface area (TPSA) is 53.4 Å². The Balaban J connectivity index is 1.51. The lowest BCUT2D eigenvalue weighted by Crippen LogP contribution is -2.51. The Morgan fingerprint density at radius 1 is 1.08 bits per heavy atom. The van der Waals surface area contributed by atoms with Gasteiger partial charge in [0, 0.05) is 24.6 Å². The van der Waals surface area contributed by atoms with Crippen LogP contribution in [0.5, 0.6) is 5.75 Å². The molecule has 2 aromatic carbocycles. The number of rotatable bonds is 3. The van der Waals surface area contributed by atoms with Crippen molar-refractivity contribution in [2.75, 3.05) is 11.4 Å². The van der Waals surface area contributed by atoms with Gasteiger partial charge >= 0.3 is 0 Å². The second-order valence-electron chi connectivity index (χ2n) is 6.34. The number of pyridine rings is 1. The summed E-state index contributed by atoms with van der Waals surface area (Å²) in [6.45, 7) is 2.51. The van der Waals surface area contributed by atoms with Crippen LogP contribution in [0.1, 0.15) is 17.0 Å². The van der Waals surface area contributed by atoms with Gasteiger partial charge in [-0.3, -0.25) is 9.78 Å². The lowest BCUT2D eigenvalue weighted by molar-refractivity contribution is -0.124. The molecule has 1 fully saturated rings. The van der Waals surface area contributed by atoms with Gasteiger partial charge in [-0.25, -0.2) is 0 Å². The Hall–Kier alpha value is -3.14. The molecular formula is C21H18N2O2. The van der Waals surface area contributed by atoms with E-state index in [2.05, 4.69) is 4.98 Å². The fourth-order valence-electron chi connectivity index (χ4n) is 3.17. The minimum absolute atomic E-state index is 0.0965. The van der Waals surface area contributed by atoms with Gasteiger partial charge < -0.3 is 10.0 Å². The molecule has 1 N–H and O–H groups in total. The van der Waals surface area contributed by atoms with E-state index in [4.69, 9.17) is 0 Å². The standard InChI is InChI=1S/C21H18N2O2/c1-14-11-16(6-9-20(14)24)19-13-23(21(19)25)18-7-4-15(5-8-18)17-3-2-10-22-12-17/h2-12,19,24H,13H2,1H3. The SMILES string of the molecule is Cc1cc(C2CN(c3ccc(-c4cccnc4)cc3)C2=O)ccc1O. The van der Waals surface area contributed by atoms with Crippen LogP contribution in [0.25, 0.3) is 11.1 Å². The molecule has 1 aliphatic heterocycles. The van der Waals surface area contributed by atoms with E-state index in [0.29, 0.717) is 6.54 Å². The van der Waals surface area contributed by atoms with Crippen molar-refractivity contribution in [3.05, 3.63) is 78.1 Å². The van der Waals surface area contributed by atoms with Crippen LogP contribution >= 0.6 is 0 Å². The van der Waals surface area contributed by atoms with Crippen molar-refractivity contribution in [3.63, 3.8) is 0 Å². The average molecular weight is 330 g/mol. The summed E-state index contributed by atoms with van der Waals surface area (Å²) in [5.41, 5.74) is 4.80. The number of carbonyl (C=O) groups excluding carboxylic acids is 1. The lowest BCUT2D eigenvalue weighted by Gasteiger charge is -2.39. The summed E-state index contributed by atoms with van der Waals surface area (Å²) in [4.78, 5) is 18.5. The first kappa shape index (κ1) is 15.4. The average Bonchev–Trinajstić information content (AvgIpc) is 2.65. The number of hydrogen-bond donors (Lipinski definition) is 1. The molecule has 1 aliphatic rings. The molecule has 1 saturated heterocycles. The van der Waals surface area contributed by atoms with Gasteiger partial charge in [-0.15, -0.1) is 0 Å². The van der Waals surface area contributed by atoms with Gasteiger partial charge in [0.15, 0.2) is 0 Å². The number of aromatic nitrogens is 1. The van der Waals surface area contributed by atoms with Gasteiger partial charge in [-0.1, -0.05) is 30.3 Å². The quantitative estimate of drug-likeness (QED) is 0.741. The molecule has 0 aliphatic carbocycles. The first-order chi connectivity index (χ1) is 12.1. The highest BCUT2D eigenvalue weighted by molar-refractivity contribution is 6.05. The monoisotopic (exact) mass is 330 g/mol. The molecule has 124 valence electrons. The number of amides is 1. The summed E-state index contributed by atoms with van der Waals surface area (Å²) in [6.07, 6.45) is 3.58. The van der Waals surface area contributed by atoms with Crippen LogP contribution in [0.4, 0.5) is 5.69 Å². The van der Waals surface area contributed by atoms with Crippen molar-refractivity contribution in [3.8, 4) is 16.9 Å². The number of nitrogens with zero attached hydrogens (tertiary/aromatic N) is 2. The smallest absolute Gasteiger partial charge is 0.236 e. The fraction of sp³-hybridized carbons (Fsp3) is 0.143. The molecule has 0 spiro atoms. The predicted octanol–water partition coefficient (Wildman–Crippen LogP) is 3.89. The van der Waals surface area contributed by atoms with Gasteiger partial charge in [0.25, 0.3) is 0 Å². The Morgan fingerprint density at radius 2 is 1.88 bits per heavy atom. The van der Waals surface area contributed by atoms with E-state index >= 15 is 0 Å². The molecule has 0 bridgehead atoms. The molecule has 0 saturated carbocycles. The number of aromatic hydroxyl groups is 1. The molecule has 4 heteroatoms. The molecule has 1 unspecified atom stereocenters. The van der Waals surface area contributed by atoms with Crippen LogP contribution in [0.2, 0.25) is 0 Å². The van der Waals surface area contributed by atoms with Crippen LogP contribution in [-0.4, -0.2) is 22.5 Å². The van der Waals surface area contributed by atoms with Crippen LogP contribution in [0, 0.1) is 6.92 Å². The first-order valence-corrected chi connectivity index (χ1v) is 8.25. The lowest BCUT2D eigenvalue weighted by atomic mass is 9.88. The third-order valence-electron chi connectivity index (χ3n) is 4.73. The normalized spacial score (nSPS) is 16.6. The third kappa shape index (κ3) is 2.76. The highest BCUT2D eigenvalue weighted by atomic mass is 16.3. The van der Waals surface area contributed by atoms with E-state index in [1.807, 2.05) is 61.7 Å².